The first-order chi connectivity index (χ1) is 8.95. The fraction of sp³-hybridized carbons (Fsp3) is 0.500. The van der Waals surface area contributed by atoms with Crippen molar-refractivity contribution in [3.63, 3.8) is 0 Å². The Bertz CT molecular complexity index is 589. The van der Waals surface area contributed by atoms with E-state index in [1.165, 1.54) is 4.31 Å². The molecule has 19 heavy (non-hydrogen) atoms. The summed E-state index contributed by atoms with van der Waals surface area (Å²) in [6.07, 6.45) is 0. The predicted molar refractivity (Wildman–Crippen MR) is 75.7 cm³/mol. The first-order valence-electron chi connectivity index (χ1n) is 6.10. The molecular weight excluding hydrogens is 284 g/mol. The van der Waals surface area contributed by atoms with Gasteiger partial charge in [-0.25, -0.2) is 8.42 Å². The molecule has 1 aliphatic rings. The Hall–Kier alpha value is -0.760. The zero-order chi connectivity index (χ0) is 14.0. The van der Waals surface area contributed by atoms with Gasteiger partial charge in [0.1, 0.15) is 0 Å². The van der Waals surface area contributed by atoms with Crippen LogP contribution in [0, 0.1) is 6.92 Å². The highest BCUT2D eigenvalue weighted by molar-refractivity contribution is 7.89. The Balaban J connectivity index is 2.36. The van der Waals surface area contributed by atoms with E-state index in [0.29, 0.717) is 41.6 Å². The summed E-state index contributed by atoms with van der Waals surface area (Å²) in [5.41, 5.74) is 7.07. The van der Waals surface area contributed by atoms with E-state index in [4.69, 9.17) is 5.73 Å². The summed E-state index contributed by atoms with van der Waals surface area (Å²) in [7, 11) is -4.39. The summed E-state index contributed by atoms with van der Waals surface area (Å²) in [5, 5.41) is 0. The molecule has 0 atom stereocenters. The monoisotopic (exact) mass is 302 g/mol. The normalized spacial score (nSPS) is 18.6. The van der Waals surface area contributed by atoms with Crippen LogP contribution in [0.25, 0.3) is 0 Å². The van der Waals surface area contributed by atoms with Crippen LogP contribution in [0.1, 0.15) is 11.1 Å². The summed E-state index contributed by atoms with van der Waals surface area (Å²) >= 11 is 0. The molecule has 7 heteroatoms. The van der Waals surface area contributed by atoms with Crippen molar-refractivity contribution in [3.8, 4) is 0 Å². The summed E-state index contributed by atoms with van der Waals surface area (Å²) in [6, 6.07) is 5.24. The lowest BCUT2D eigenvalue weighted by molar-refractivity contribution is 0.438. The molecule has 0 bridgehead atoms. The molecule has 2 N–H and O–H groups in total. The third-order valence-electron chi connectivity index (χ3n) is 3.24. The van der Waals surface area contributed by atoms with Crippen LogP contribution in [-0.4, -0.2) is 41.5 Å². The first kappa shape index (κ1) is 14.6. The van der Waals surface area contributed by atoms with Crippen LogP contribution in [0.2, 0.25) is 0 Å². The van der Waals surface area contributed by atoms with Crippen LogP contribution in [0.4, 0.5) is 0 Å². The number of rotatable bonds is 3. The lowest BCUT2D eigenvalue weighted by atomic mass is 10.1. The van der Waals surface area contributed by atoms with Gasteiger partial charge < -0.3 is 5.73 Å². The Kier molecular flexibility index (Phi) is 4.39. The molecule has 0 aromatic heterocycles. The van der Waals surface area contributed by atoms with Crippen LogP contribution in [0.15, 0.2) is 23.1 Å². The number of sulfonamides is 1. The minimum atomic E-state index is -3.51. The van der Waals surface area contributed by atoms with Crippen molar-refractivity contribution in [1.29, 1.82) is 0 Å². The number of aryl methyl sites for hydroxylation is 1. The van der Waals surface area contributed by atoms with Gasteiger partial charge in [0.25, 0.3) is 0 Å². The highest BCUT2D eigenvalue weighted by Gasteiger charge is 2.29. The van der Waals surface area contributed by atoms with Gasteiger partial charge in [0.05, 0.1) is 4.90 Å². The molecule has 0 saturated carbocycles. The van der Waals surface area contributed by atoms with Gasteiger partial charge in [0.15, 0.2) is 0 Å². The quantitative estimate of drug-likeness (QED) is 0.865. The van der Waals surface area contributed by atoms with Gasteiger partial charge >= 0.3 is 0 Å². The van der Waals surface area contributed by atoms with Gasteiger partial charge in [0.2, 0.25) is 10.0 Å². The third kappa shape index (κ3) is 3.05. The third-order valence-corrected chi connectivity index (χ3v) is 6.56. The summed E-state index contributed by atoms with van der Waals surface area (Å²) in [5.74, 6) is 0.823. The lowest BCUT2D eigenvalue weighted by Crippen LogP contribution is -2.41. The molecule has 106 valence electrons. The highest BCUT2D eigenvalue weighted by atomic mass is 32.2. The molecule has 0 spiro atoms. The molecule has 1 aromatic carbocycles. The maximum absolute atomic E-state index is 12.6. The van der Waals surface area contributed by atoms with Gasteiger partial charge in [0, 0.05) is 41.9 Å². The SMILES string of the molecule is Cc1ccc(CN)cc1S(=O)(=O)N1CCS(=O)CC1. The number of hydrogen-bond acceptors (Lipinski definition) is 4. The van der Waals surface area contributed by atoms with Crippen LogP contribution >= 0.6 is 0 Å². The number of hydrogen-bond donors (Lipinski definition) is 1. The van der Waals surface area contributed by atoms with Gasteiger partial charge in [-0.3, -0.25) is 4.21 Å². The van der Waals surface area contributed by atoms with Crippen molar-refractivity contribution in [2.45, 2.75) is 18.4 Å². The molecule has 1 heterocycles. The van der Waals surface area contributed by atoms with E-state index >= 15 is 0 Å². The van der Waals surface area contributed by atoms with Crippen LogP contribution in [-0.2, 0) is 27.4 Å². The smallest absolute Gasteiger partial charge is 0.243 e. The Morgan fingerprint density at radius 3 is 2.53 bits per heavy atom. The van der Waals surface area contributed by atoms with Crippen LogP contribution < -0.4 is 5.73 Å². The minimum absolute atomic E-state index is 0.308. The predicted octanol–water partition coefficient (Wildman–Crippen LogP) is 0.207. The zero-order valence-corrected chi connectivity index (χ0v) is 12.5. The Morgan fingerprint density at radius 1 is 1.32 bits per heavy atom. The van der Waals surface area contributed by atoms with Gasteiger partial charge in [-0.1, -0.05) is 12.1 Å². The van der Waals surface area contributed by atoms with Crippen molar-refractivity contribution in [2.75, 3.05) is 24.6 Å². The van der Waals surface area contributed by atoms with E-state index in [9.17, 15) is 12.6 Å². The summed E-state index contributed by atoms with van der Waals surface area (Å²) < 4.78 is 37.9. The molecule has 0 unspecified atom stereocenters. The number of nitrogens with two attached hydrogens (primary N) is 1. The molecule has 2 rings (SSSR count). The van der Waals surface area contributed by atoms with Crippen molar-refractivity contribution in [3.05, 3.63) is 29.3 Å². The van der Waals surface area contributed by atoms with Gasteiger partial charge in [-0.05, 0) is 24.1 Å². The molecule has 0 amide bonds. The number of benzene rings is 1. The lowest BCUT2D eigenvalue weighted by Gasteiger charge is -2.26. The van der Waals surface area contributed by atoms with E-state index in [1.807, 2.05) is 6.07 Å². The first-order valence-corrected chi connectivity index (χ1v) is 9.02. The van der Waals surface area contributed by atoms with Gasteiger partial charge in [-0.2, -0.15) is 4.31 Å². The minimum Gasteiger partial charge on any atom is -0.326 e. The number of nitrogens with zero attached hydrogens (tertiary/aromatic N) is 1. The second-order valence-corrected chi connectivity index (χ2v) is 8.16. The molecule has 0 aliphatic carbocycles. The van der Waals surface area contributed by atoms with E-state index in [0.717, 1.165) is 5.56 Å². The molecular formula is C12H18N2O3S2. The second kappa shape index (κ2) is 5.70. The molecule has 1 saturated heterocycles. The highest BCUT2D eigenvalue weighted by Crippen LogP contribution is 2.22. The van der Waals surface area contributed by atoms with E-state index in [1.54, 1.807) is 19.1 Å². The average Bonchev–Trinajstić information content (AvgIpc) is 2.39. The maximum Gasteiger partial charge on any atom is 0.243 e. The van der Waals surface area contributed by atoms with Crippen molar-refractivity contribution < 1.29 is 12.6 Å². The fourth-order valence-electron chi connectivity index (χ4n) is 2.05. The molecule has 5 nitrogen and oxygen atoms in total. The molecule has 1 fully saturated rings. The second-order valence-electron chi connectivity index (χ2n) is 4.56. The maximum atomic E-state index is 12.6. The Morgan fingerprint density at radius 2 is 1.95 bits per heavy atom. The van der Waals surface area contributed by atoms with Gasteiger partial charge in [-0.15, -0.1) is 0 Å². The molecule has 1 aromatic rings. The Labute approximate surface area is 116 Å². The van der Waals surface area contributed by atoms with Crippen molar-refractivity contribution in [2.24, 2.45) is 5.73 Å². The van der Waals surface area contributed by atoms with Crippen LogP contribution in [0.5, 0.6) is 0 Å². The standard InChI is InChI=1S/C12H18N2O3S2/c1-10-2-3-11(9-13)8-12(10)19(16,17)14-4-6-18(15)7-5-14/h2-3,8H,4-7,9,13H2,1H3. The largest absolute Gasteiger partial charge is 0.326 e. The summed E-state index contributed by atoms with van der Waals surface area (Å²) in [6.45, 7) is 2.73. The topological polar surface area (TPSA) is 80.5 Å². The van der Waals surface area contributed by atoms with Crippen LogP contribution in [0.3, 0.4) is 0 Å². The van der Waals surface area contributed by atoms with E-state index in [-0.39, 0.29) is 0 Å². The van der Waals surface area contributed by atoms with E-state index < -0.39 is 20.8 Å². The van der Waals surface area contributed by atoms with Crippen molar-refractivity contribution >= 4 is 20.8 Å². The van der Waals surface area contributed by atoms with Crippen molar-refractivity contribution in [1.82, 2.24) is 4.31 Å². The average molecular weight is 302 g/mol. The summed E-state index contributed by atoms with van der Waals surface area (Å²) in [4.78, 5) is 0.308. The van der Waals surface area contributed by atoms with E-state index in [2.05, 4.69) is 0 Å². The zero-order valence-electron chi connectivity index (χ0n) is 10.8. The molecule has 0 radical (unpaired) electrons. The fourth-order valence-corrected chi connectivity index (χ4v) is 5.05. The molecule has 1 aliphatic heterocycles.